The molecule has 1 N–H and O–H groups in total. The minimum atomic E-state index is -3.89. The lowest BCUT2D eigenvalue weighted by Crippen LogP contribution is -2.39. The van der Waals surface area contributed by atoms with Crippen molar-refractivity contribution in [1.82, 2.24) is 4.31 Å². The van der Waals surface area contributed by atoms with Crippen LogP contribution in [0, 0.1) is 6.92 Å². The van der Waals surface area contributed by atoms with Gasteiger partial charge in [-0.15, -0.1) is 0 Å². The van der Waals surface area contributed by atoms with Crippen molar-refractivity contribution < 1.29 is 17.9 Å². The third-order valence-electron chi connectivity index (χ3n) is 5.60. The molecular weight excluding hydrogens is 472 g/mol. The van der Waals surface area contributed by atoms with E-state index in [1.54, 1.807) is 42.5 Å². The summed E-state index contributed by atoms with van der Waals surface area (Å²) in [5.41, 5.74) is 2.41. The van der Waals surface area contributed by atoms with Gasteiger partial charge in [0.15, 0.2) is 5.75 Å². The van der Waals surface area contributed by atoms with E-state index in [-0.39, 0.29) is 18.0 Å². The maximum Gasteiger partial charge on any atom is 0.243 e. The summed E-state index contributed by atoms with van der Waals surface area (Å²) in [6, 6.07) is 32.5. The molecule has 0 spiro atoms. The zero-order valence-corrected chi connectivity index (χ0v) is 20.8. The first-order chi connectivity index (χ1) is 17.4. The van der Waals surface area contributed by atoms with Crippen LogP contribution in [0.15, 0.2) is 114 Å². The number of nitrogens with one attached hydrogen (secondary N) is 1. The van der Waals surface area contributed by atoms with Gasteiger partial charge < -0.3 is 10.1 Å². The van der Waals surface area contributed by atoms with Crippen molar-refractivity contribution in [2.45, 2.75) is 18.2 Å². The number of hydrogen-bond acceptors (Lipinski definition) is 4. The molecule has 36 heavy (non-hydrogen) atoms. The van der Waals surface area contributed by atoms with Crippen molar-refractivity contribution in [2.24, 2.45) is 0 Å². The highest BCUT2D eigenvalue weighted by Gasteiger charge is 2.27. The Hall–Kier alpha value is -3.94. The van der Waals surface area contributed by atoms with E-state index >= 15 is 0 Å². The van der Waals surface area contributed by atoms with Crippen molar-refractivity contribution in [3.05, 3.63) is 120 Å². The number of carbonyl (C=O) groups is 1. The lowest BCUT2D eigenvalue weighted by Gasteiger charge is -2.22. The number of rotatable bonds is 10. The van der Waals surface area contributed by atoms with Crippen LogP contribution in [-0.4, -0.2) is 31.7 Å². The van der Waals surface area contributed by atoms with Gasteiger partial charge in [0.2, 0.25) is 15.9 Å². The highest BCUT2D eigenvalue weighted by atomic mass is 32.2. The van der Waals surface area contributed by atoms with Gasteiger partial charge in [-0.2, -0.15) is 4.31 Å². The Morgan fingerprint density at radius 1 is 0.806 bits per heavy atom. The molecule has 0 saturated carbocycles. The van der Waals surface area contributed by atoms with Gasteiger partial charge in [-0.25, -0.2) is 8.42 Å². The summed E-state index contributed by atoms with van der Waals surface area (Å²) in [5.74, 6) is 0.641. The van der Waals surface area contributed by atoms with Crippen molar-refractivity contribution in [3.8, 4) is 11.5 Å². The van der Waals surface area contributed by atoms with E-state index in [2.05, 4.69) is 5.32 Å². The van der Waals surface area contributed by atoms with E-state index in [1.165, 1.54) is 4.31 Å². The molecule has 0 radical (unpaired) electrons. The van der Waals surface area contributed by atoms with Crippen LogP contribution < -0.4 is 10.1 Å². The maximum atomic E-state index is 13.5. The van der Waals surface area contributed by atoms with Gasteiger partial charge in [-0.1, -0.05) is 78.4 Å². The summed E-state index contributed by atoms with van der Waals surface area (Å²) in [7, 11) is -3.89. The second-order valence-electron chi connectivity index (χ2n) is 8.35. The number of carbonyl (C=O) groups excluding carboxylic acids is 1. The molecule has 4 aromatic rings. The van der Waals surface area contributed by atoms with Crippen LogP contribution in [0.3, 0.4) is 0 Å². The number of aryl methyl sites for hydroxylation is 1. The van der Waals surface area contributed by atoms with Gasteiger partial charge >= 0.3 is 0 Å². The molecule has 4 aromatic carbocycles. The lowest BCUT2D eigenvalue weighted by atomic mass is 10.1. The first-order valence-electron chi connectivity index (χ1n) is 11.6. The van der Waals surface area contributed by atoms with E-state index in [4.69, 9.17) is 4.74 Å². The lowest BCUT2D eigenvalue weighted by molar-refractivity contribution is -0.116. The molecule has 0 unspecified atom stereocenters. The molecule has 0 aliphatic carbocycles. The molecule has 0 bridgehead atoms. The predicted molar refractivity (Wildman–Crippen MR) is 142 cm³/mol. The zero-order chi connectivity index (χ0) is 25.4. The van der Waals surface area contributed by atoms with E-state index < -0.39 is 15.9 Å². The molecule has 6 nitrogen and oxygen atoms in total. The average Bonchev–Trinajstić information content (AvgIpc) is 2.89. The number of nitrogens with zero attached hydrogens (tertiary/aromatic N) is 1. The van der Waals surface area contributed by atoms with Gasteiger partial charge in [-0.3, -0.25) is 4.79 Å². The summed E-state index contributed by atoms with van der Waals surface area (Å²) >= 11 is 0. The summed E-state index contributed by atoms with van der Waals surface area (Å²) in [6.45, 7) is 1.73. The number of hydrogen-bond donors (Lipinski definition) is 1. The van der Waals surface area contributed by atoms with Gasteiger partial charge in [0.25, 0.3) is 0 Å². The van der Waals surface area contributed by atoms with Crippen LogP contribution in [0.5, 0.6) is 11.5 Å². The Morgan fingerprint density at radius 2 is 1.42 bits per heavy atom. The standard InChI is InChI=1S/C29H28N2O4S/c1-23-16-18-26(19-17-23)36(33,34)31(21-20-24-10-4-2-5-11-24)22-29(32)30-27-14-8-9-15-28(27)35-25-12-6-3-7-13-25/h2-19H,20-22H2,1H3,(H,30,32). The third-order valence-corrected chi connectivity index (χ3v) is 7.46. The van der Waals surface area contributed by atoms with Gasteiger partial charge in [0.1, 0.15) is 5.75 Å². The Kier molecular flexibility index (Phi) is 8.15. The SMILES string of the molecule is Cc1ccc(S(=O)(=O)N(CCc2ccccc2)CC(=O)Nc2ccccc2Oc2ccccc2)cc1. The van der Waals surface area contributed by atoms with Crippen LogP contribution in [0.2, 0.25) is 0 Å². The molecular formula is C29H28N2O4S. The molecule has 184 valence electrons. The maximum absolute atomic E-state index is 13.5. The number of benzene rings is 4. The fourth-order valence-corrected chi connectivity index (χ4v) is 5.06. The molecule has 0 atom stereocenters. The van der Waals surface area contributed by atoms with Crippen molar-refractivity contribution >= 4 is 21.6 Å². The number of ether oxygens (including phenoxy) is 1. The highest BCUT2D eigenvalue weighted by molar-refractivity contribution is 7.89. The molecule has 7 heteroatoms. The summed E-state index contributed by atoms with van der Waals surface area (Å²) < 4.78 is 34.1. The minimum absolute atomic E-state index is 0.154. The van der Waals surface area contributed by atoms with Crippen LogP contribution >= 0.6 is 0 Å². The zero-order valence-electron chi connectivity index (χ0n) is 20.0. The fraction of sp³-hybridized carbons (Fsp3) is 0.138. The highest BCUT2D eigenvalue weighted by Crippen LogP contribution is 2.29. The monoisotopic (exact) mass is 500 g/mol. The average molecular weight is 501 g/mol. The van der Waals surface area contributed by atoms with Crippen molar-refractivity contribution in [1.29, 1.82) is 0 Å². The first kappa shape index (κ1) is 25.2. The van der Waals surface area contributed by atoms with Crippen molar-refractivity contribution in [3.63, 3.8) is 0 Å². The number of sulfonamides is 1. The van der Waals surface area contributed by atoms with Gasteiger partial charge in [0.05, 0.1) is 17.1 Å². The summed E-state index contributed by atoms with van der Waals surface area (Å²) in [6.07, 6.45) is 0.479. The molecule has 0 saturated heterocycles. The Morgan fingerprint density at radius 3 is 2.11 bits per heavy atom. The Balaban J connectivity index is 1.54. The normalized spacial score (nSPS) is 11.3. The molecule has 0 aromatic heterocycles. The number of amides is 1. The van der Waals surface area contributed by atoms with E-state index in [1.807, 2.05) is 73.7 Å². The molecule has 1 amide bonds. The fourth-order valence-electron chi connectivity index (χ4n) is 3.67. The largest absolute Gasteiger partial charge is 0.455 e. The molecule has 0 aliphatic heterocycles. The van der Waals surface area contributed by atoms with Crippen LogP contribution in [0.1, 0.15) is 11.1 Å². The second-order valence-corrected chi connectivity index (χ2v) is 10.3. The van der Waals surface area contributed by atoms with Crippen LogP contribution in [0.4, 0.5) is 5.69 Å². The number of para-hydroxylation sites is 3. The molecule has 0 aliphatic rings. The summed E-state index contributed by atoms with van der Waals surface area (Å²) in [5, 5.41) is 2.82. The van der Waals surface area contributed by atoms with Gasteiger partial charge in [-0.05, 0) is 55.3 Å². The second kappa shape index (κ2) is 11.7. The molecule has 0 heterocycles. The Labute approximate surface area is 212 Å². The predicted octanol–water partition coefficient (Wildman–Crippen LogP) is 5.66. The van der Waals surface area contributed by atoms with E-state index in [0.717, 1.165) is 11.1 Å². The third kappa shape index (κ3) is 6.59. The topological polar surface area (TPSA) is 75.7 Å². The molecule has 4 rings (SSSR count). The summed E-state index contributed by atoms with van der Waals surface area (Å²) in [4.78, 5) is 13.3. The first-order valence-corrected chi connectivity index (χ1v) is 13.1. The van der Waals surface area contributed by atoms with Gasteiger partial charge in [0, 0.05) is 6.54 Å². The van der Waals surface area contributed by atoms with Crippen molar-refractivity contribution in [2.75, 3.05) is 18.4 Å². The Bertz CT molecular complexity index is 1390. The van der Waals surface area contributed by atoms with Crippen LogP contribution in [0.25, 0.3) is 0 Å². The smallest absolute Gasteiger partial charge is 0.243 e. The quantitative estimate of drug-likeness (QED) is 0.305. The van der Waals surface area contributed by atoms with E-state index in [0.29, 0.717) is 23.6 Å². The number of anilines is 1. The molecule has 0 fully saturated rings. The van der Waals surface area contributed by atoms with E-state index in [9.17, 15) is 13.2 Å². The minimum Gasteiger partial charge on any atom is -0.455 e. The van der Waals surface area contributed by atoms with Crippen LogP contribution in [-0.2, 0) is 21.2 Å².